The molecule has 8 heteroatoms. The van der Waals surface area contributed by atoms with Crippen LogP contribution in [-0.4, -0.2) is 35.1 Å². The number of ketones is 1. The molecule has 0 amide bonds. The van der Waals surface area contributed by atoms with Gasteiger partial charge in [0.1, 0.15) is 11.3 Å². The third kappa shape index (κ3) is 2.85. The van der Waals surface area contributed by atoms with Gasteiger partial charge in [0, 0.05) is 41.6 Å². The topological polar surface area (TPSA) is 78.0 Å². The molecule has 126 valence electrons. The maximum absolute atomic E-state index is 12.9. The number of fused-ring (bicyclic) bond motifs is 1. The van der Waals surface area contributed by atoms with Gasteiger partial charge in [0.25, 0.3) is 0 Å². The summed E-state index contributed by atoms with van der Waals surface area (Å²) < 4.78 is 3.40. The first-order chi connectivity index (χ1) is 12.0. The van der Waals surface area contributed by atoms with E-state index >= 15 is 0 Å². The Balaban J connectivity index is 1.81. The highest BCUT2D eigenvalue weighted by Gasteiger charge is 2.18. The molecule has 4 aromatic rings. The summed E-state index contributed by atoms with van der Waals surface area (Å²) in [6.07, 6.45) is 5.53. The van der Waals surface area contributed by atoms with Crippen LogP contribution in [0.5, 0.6) is 0 Å². The van der Waals surface area contributed by atoms with Crippen molar-refractivity contribution < 1.29 is 4.79 Å². The van der Waals surface area contributed by atoms with Gasteiger partial charge in [-0.3, -0.25) is 9.48 Å². The summed E-state index contributed by atoms with van der Waals surface area (Å²) in [4.78, 5) is 21.5. The van der Waals surface area contributed by atoms with E-state index < -0.39 is 0 Å². The van der Waals surface area contributed by atoms with Crippen LogP contribution in [0.3, 0.4) is 0 Å². The number of thiazole rings is 1. The molecule has 0 aromatic carbocycles. The van der Waals surface area contributed by atoms with Crippen molar-refractivity contribution in [3.05, 3.63) is 52.1 Å². The second kappa shape index (κ2) is 5.89. The number of carbonyl (C=O) groups is 1. The number of Topliss-reactive ketones (excluding diaryl/α,β-unsaturated/α-hetero) is 1. The van der Waals surface area contributed by atoms with E-state index in [4.69, 9.17) is 0 Å². The third-order valence-corrected chi connectivity index (χ3v) is 4.95. The Bertz CT molecular complexity index is 1090. The maximum Gasteiger partial charge on any atom is 0.173 e. The zero-order valence-electron chi connectivity index (χ0n) is 14.1. The van der Waals surface area contributed by atoms with Gasteiger partial charge in [-0.1, -0.05) is 0 Å². The number of aryl methyl sites for hydroxylation is 3. The minimum absolute atomic E-state index is 0.0178. The summed E-state index contributed by atoms with van der Waals surface area (Å²) >= 11 is 1.50. The Morgan fingerprint density at radius 1 is 1.28 bits per heavy atom. The van der Waals surface area contributed by atoms with Gasteiger partial charge in [0.2, 0.25) is 0 Å². The van der Waals surface area contributed by atoms with Crippen molar-refractivity contribution in [2.75, 3.05) is 0 Å². The van der Waals surface area contributed by atoms with Crippen LogP contribution >= 0.6 is 11.3 Å². The molecule has 0 saturated carbocycles. The molecule has 4 rings (SSSR count). The Morgan fingerprint density at radius 3 is 2.80 bits per heavy atom. The van der Waals surface area contributed by atoms with Gasteiger partial charge in [0.15, 0.2) is 11.4 Å². The molecule has 0 saturated heterocycles. The molecule has 0 fully saturated rings. The highest BCUT2D eigenvalue weighted by molar-refractivity contribution is 7.09. The molecule has 0 atom stereocenters. The second-order valence-electron chi connectivity index (χ2n) is 5.96. The summed E-state index contributed by atoms with van der Waals surface area (Å²) in [5.41, 5.74) is 4.80. The normalized spacial score (nSPS) is 11.3. The van der Waals surface area contributed by atoms with Crippen LogP contribution in [0.15, 0.2) is 30.2 Å². The number of hydrogen-bond donors (Lipinski definition) is 0. The number of nitrogens with zero attached hydrogens (tertiary/aromatic N) is 6. The summed E-state index contributed by atoms with van der Waals surface area (Å²) in [5.74, 6) is -0.0178. The third-order valence-electron chi connectivity index (χ3n) is 3.98. The second-order valence-corrected chi connectivity index (χ2v) is 6.90. The Hall–Kier alpha value is -2.87. The molecule has 0 spiro atoms. The van der Waals surface area contributed by atoms with Gasteiger partial charge in [0.05, 0.1) is 17.7 Å². The predicted octanol–water partition coefficient (Wildman–Crippen LogP) is 2.63. The fraction of sp³-hybridized carbons (Fsp3) is 0.235. The molecule has 25 heavy (non-hydrogen) atoms. The first-order valence-electron chi connectivity index (χ1n) is 7.79. The van der Waals surface area contributed by atoms with E-state index in [1.807, 2.05) is 44.7 Å². The number of hydrogen-bond acceptors (Lipinski definition) is 6. The van der Waals surface area contributed by atoms with E-state index in [1.54, 1.807) is 9.20 Å². The molecule has 0 aliphatic carbocycles. The van der Waals surface area contributed by atoms with Crippen molar-refractivity contribution in [2.24, 2.45) is 7.05 Å². The van der Waals surface area contributed by atoms with Gasteiger partial charge in [-0.2, -0.15) is 10.2 Å². The summed E-state index contributed by atoms with van der Waals surface area (Å²) in [6.45, 7) is 3.87. The van der Waals surface area contributed by atoms with E-state index in [-0.39, 0.29) is 12.2 Å². The highest BCUT2D eigenvalue weighted by Crippen LogP contribution is 2.25. The van der Waals surface area contributed by atoms with Gasteiger partial charge in [-0.05, 0) is 19.9 Å². The van der Waals surface area contributed by atoms with Crippen LogP contribution < -0.4 is 0 Å². The highest BCUT2D eigenvalue weighted by atomic mass is 32.1. The summed E-state index contributed by atoms with van der Waals surface area (Å²) in [6, 6.07) is 1.87. The van der Waals surface area contributed by atoms with Crippen molar-refractivity contribution in [1.82, 2.24) is 29.4 Å². The zero-order chi connectivity index (χ0) is 17.6. The van der Waals surface area contributed by atoms with Crippen molar-refractivity contribution in [3.63, 3.8) is 0 Å². The standard InChI is InChI=1S/C17H16N6OS/c1-10-8-25-16(20-10)5-15(24)13-4-12(6-23-17(13)18-9-19-23)14-7-22(3)21-11(14)2/h4,6-9H,5H2,1-3H3. The first kappa shape index (κ1) is 15.6. The molecular formula is C17H16N6OS. The zero-order valence-corrected chi connectivity index (χ0v) is 14.9. The average Bonchev–Trinajstić information content (AvgIpc) is 3.26. The van der Waals surface area contributed by atoms with Crippen LogP contribution in [0.2, 0.25) is 0 Å². The van der Waals surface area contributed by atoms with Crippen LogP contribution in [0, 0.1) is 13.8 Å². The molecule has 0 bridgehead atoms. The SMILES string of the molecule is Cc1csc(CC(=O)c2cc(-c3cn(C)nc3C)cn3ncnc23)n1. The minimum atomic E-state index is -0.0178. The fourth-order valence-corrected chi connectivity index (χ4v) is 3.65. The first-order valence-corrected chi connectivity index (χ1v) is 8.67. The predicted molar refractivity (Wildman–Crippen MR) is 94.8 cm³/mol. The van der Waals surface area contributed by atoms with E-state index in [0.29, 0.717) is 11.2 Å². The van der Waals surface area contributed by atoms with E-state index in [0.717, 1.165) is 27.5 Å². The number of rotatable bonds is 4. The van der Waals surface area contributed by atoms with E-state index in [1.165, 1.54) is 17.7 Å². The van der Waals surface area contributed by atoms with Gasteiger partial charge >= 0.3 is 0 Å². The molecule has 0 unspecified atom stereocenters. The molecule has 0 aliphatic rings. The molecular weight excluding hydrogens is 336 g/mol. The molecule has 7 nitrogen and oxygen atoms in total. The van der Waals surface area contributed by atoms with Gasteiger partial charge in [-0.25, -0.2) is 14.5 Å². The molecule has 4 heterocycles. The lowest BCUT2D eigenvalue weighted by Crippen LogP contribution is -2.07. The van der Waals surface area contributed by atoms with Crippen LogP contribution in [0.4, 0.5) is 0 Å². The van der Waals surface area contributed by atoms with Crippen molar-refractivity contribution in [1.29, 1.82) is 0 Å². The molecule has 0 N–H and O–H groups in total. The van der Waals surface area contributed by atoms with E-state index in [9.17, 15) is 4.79 Å². The quantitative estimate of drug-likeness (QED) is 0.528. The number of carbonyl (C=O) groups excluding carboxylic acids is 1. The number of aromatic nitrogens is 6. The smallest absolute Gasteiger partial charge is 0.173 e. The monoisotopic (exact) mass is 352 g/mol. The lowest BCUT2D eigenvalue weighted by Gasteiger charge is -2.06. The lowest BCUT2D eigenvalue weighted by molar-refractivity contribution is 0.0994. The van der Waals surface area contributed by atoms with Crippen molar-refractivity contribution in [2.45, 2.75) is 20.3 Å². The van der Waals surface area contributed by atoms with Gasteiger partial charge < -0.3 is 0 Å². The Kier molecular flexibility index (Phi) is 3.69. The Labute approximate surface area is 148 Å². The van der Waals surface area contributed by atoms with Gasteiger partial charge in [-0.15, -0.1) is 11.3 Å². The molecule has 4 aromatic heterocycles. The molecule has 0 aliphatic heterocycles. The van der Waals surface area contributed by atoms with Crippen molar-refractivity contribution in [3.8, 4) is 11.1 Å². The summed E-state index contributed by atoms with van der Waals surface area (Å²) in [7, 11) is 1.88. The minimum Gasteiger partial charge on any atom is -0.294 e. The average molecular weight is 352 g/mol. The summed E-state index contributed by atoms with van der Waals surface area (Å²) in [5, 5.41) is 11.3. The van der Waals surface area contributed by atoms with Crippen LogP contribution in [0.25, 0.3) is 16.8 Å². The number of pyridine rings is 1. The lowest BCUT2D eigenvalue weighted by atomic mass is 10.0. The molecule has 0 radical (unpaired) electrons. The Morgan fingerprint density at radius 2 is 2.12 bits per heavy atom. The van der Waals surface area contributed by atoms with Crippen LogP contribution in [-0.2, 0) is 13.5 Å². The maximum atomic E-state index is 12.9. The van der Waals surface area contributed by atoms with Crippen molar-refractivity contribution >= 4 is 22.8 Å². The largest absolute Gasteiger partial charge is 0.294 e. The fourth-order valence-electron chi connectivity index (χ4n) is 2.88. The van der Waals surface area contributed by atoms with E-state index in [2.05, 4.69) is 20.2 Å². The van der Waals surface area contributed by atoms with Crippen LogP contribution in [0.1, 0.15) is 26.8 Å².